The Kier molecular flexibility index (Phi) is 3.31. The zero-order valence-electron chi connectivity index (χ0n) is 7.67. The zero-order chi connectivity index (χ0) is 9.84. The van der Waals surface area contributed by atoms with E-state index in [1.54, 1.807) is 10.9 Å². The maximum absolute atomic E-state index is 11.1. The maximum Gasteiger partial charge on any atom is 0.225 e. The Bertz CT molecular complexity index is 308. The molecule has 0 saturated heterocycles. The van der Waals surface area contributed by atoms with Crippen LogP contribution in [0.25, 0.3) is 0 Å². The molecule has 1 N–H and O–H groups in total. The molecule has 72 valence electrons. The van der Waals surface area contributed by atoms with Crippen molar-refractivity contribution in [3.05, 3.63) is 11.9 Å². The lowest BCUT2D eigenvalue weighted by atomic mass is 10.3. The molecule has 5 heteroatoms. The van der Waals surface area contributed by atoms with E-state index in [1.807, 2.05) is 14.0 Å². The number of nitrogens with one attached hydrogen (secondary N) is 1. The molecule has 0 aliphatic rings. The Labute approximate surface area is 81.9 Å². The van der Waals surface area contributed by atoms with Gasteiger partial charge in [-0.25, -0.2) is 0 Å². The van der Waals surface area contributed by atoms with Gasteiger partial charge in [0.05, 0.1) is 11.4 Å². The smallest absolute Gasteiger partial charge is 0.225 e. The van der Waals surface area contributed by atoms with Gasteiger partial charge in [0.2, 0.25) is 5.91 Å². The number of carbonyl (C=O) groups excluding carboxylic acids is 1. The van der Waals surface area contributed by atoms with Gasteiger partial charge in [0.15, 0.2) is 0 Å². The summed E-state index contributed by atoms with van der Waals surface area (Å²) in [5.41, 5.74) is 1.56. The van der Waals surface area contributed by atoms with E-state index in [-0.39, 0.29) is 5.91 Å². The molecule has 1 rings (SSSR count). The molecule has 0 radical (unpaired) electrons. The second kappa shape index (κ2) is 4.28. The number of hydrogen-bond donors (Lipinski definition) is 1. The van der Waals surface area contributed by atoms with E-state index in [2.05, 4.69) is 10.4 Å². The van der Waals surface area contributed by atoms with Gasteiger partial charge in [-0.05, 0) is 6.92 Å². The van der Waals surface area contributed by atoms with E-state index in [9.17, 15) is 4.79 Å². The van der Waals surface area contributed by atoms with E-state index in [0.717, 1.165) is 11.4 Å². The minimum absolute atomic E-state index is 0.0777. The van der Waals surface area contributed by atoms with Crippen LogP contribution in [-0.4, -0.2) is 21.6 Å². The Morgan fingerprint density at radius 1 is 1.77 bits per heavy atom. The van der Waals surface area contributed by atoms with Gasteiger partial charge in [-0.1, -0.05) is 0 Å². The average Bonchev–Trinajstić information content (AvgIpc) is 2.30. The van der Waals surface area contributed by atoms with Crippen LogP contribution >= 0.6 is 11.6 Å². The fourth-order valence-electron chi connectivity index (χ4n) is 1.02. The quantitative estimate of drug-likeness (QED) is 0.750. The summed E-state index contributed by atoms with van der Waals surface area (Å²) in [6, 6.07) is 0. The lowest BCUT2D eigenvalue weighted by Gasteiger charge is -2.00. The highest BCUT2D eigenvalue weighted by molar-refractivity contribution is 6.19. The van der Waals surface area contributed by atoms with Crippen LogP contribution < -0.4 is 5.32 Å². The standard InChI is InChI=1S/C8H12ClN3O/c1-6-7(5-12(2)11-6)10-8(13)3-4-9/h5H,3-4H2,1-2H3,(H,10,13). The highest BCUT2D eigenvalue weighted by atomic mass is 35.5. The highest BCUT2D eigenvalue weighted by Gasteiger charge is 2.06. The third kappa shape index (κ3) is 2.73. The van der Waals surface area contributed by atoms with Crippen LogP contribution in [0.3, 0.4) is 0 Å². The van der Waals surface area contributed by atoms with E-state index >= 15 is 0 Å². The van der Waals surface area contributed by atoms with Crippen molar-refractivity contribution < 1.29 is 4.79 Å². The number of alkyl halides is 1. The van der Waals surface area contributed by atoms with Gasteiger partial charge in [0.25, 0.3) is 0 Å². The summed E-state index contributed by atoms with van der Waals surface area (Å²) >= 11 is 5.43. The number of rotatable bonds is 3. The summed E-state index contributed by atoms with van der Waals surface area (Å²) in [5.74, 6) is 0.261. The molecule has 1 aromatic rings. The van der Waals surface area contributed by atoms with E-state index in [0.29, 0.717) is 12.3 Å². The number of aryl methyl sites for hydroxylation is 2. The molecule has 4 nitrogen and oxygen atoms in total. The van der Waals surface area contributed by atoms with Crippen LogP contribution in [0.4, 0.5) is 5.69 Å². The number of amides is 1. The molecule has 0 spiro atoms. The minimum atomic E-state index is -0.0777. The summed E-state index contributed by atoms with van der Waals surface area (Å²) in [7, 11) is 1.81. The van der Waals surface area contributed by atoms with E-state index < -0.39 is 0 Å². The van der Waals surface area contributed by atoms with E-state index in [1.165, 1.54) is 0 Å². The summed E-state index contributed by atoms with van der Waals surface area (Å²) in [6.45, 7) is 1.84. The summed E-state index contributed by atoms with van der Waals surface area (Å²) in [6.07, 6.45) is 2.09. The molecule has 0 bridgehead atoms. The van der Waals surface area contributed by atoms with Crippen LogP contribution in [0.5, 0.6) is 0 Å². The van der Waals surface area contributed by atoms with Crippen molar-refractivity contribution in [3.63, 3.8) is 0 Å². The first kappa shape index (κ1) is 10.1. The normalized spacial score (nSPS) is 10.1. The van der Waals surface area contributed by atoms with Gasteiger partial charge in [-0.2, -0.15) is 5.10 Å². The molecule has 0 saturated carbocycles. The Hall–Kier alpha value is -1.03. The molecule has 0 aliphatic carbocycles. The van der Waals surface area contributed by atoms with Crippen molar-refractivity contribution in [1.82, 2.24) is 9.78 Å². The second-order valence-electron chi connectivity index (χ2n) is 2.79. The van der Waals surface area contributed by atoms with Gasteiger partial charge >= 0.3 is 0 Å². The predicted molar refractivity (Wildman–Crippen MR) is 51.9 cm³/mol. The van der Waals surface area contributed by atoms with Gasteiger partial charge in [-0.3, -0.25) is 9.48 Å². The molecular formula is C8H12ClN3O. The lowest BCUT2D eigenvalue weighted by Crippen LogP contribution is -2.11. The molecule has 13 heavy (non-hydrogen) atoms. The van der Waals surface area contributed by atoms with Crippen LogP contribution in [0.1, 0.15) is 12.1 Å². The summed E-state index contributed by atoms with van der Waals surface area (Å²) in [4.78, 5) is 11.1. The number of aromatic nitrogens is 2. The van der Waals surface area contributed by atoms with Gasteiger partial charge < -0.3 is 5.32 Å². The van der Waals surface area contributed by atoms with Gasteiger partial charge in [0.1, 0.15) is 0 Å². The summed E-state index contributed by atoms with van der Waals surface area (Å²) < 4.78 is 1.66. The first-order chi connectivity index (χ1) is 6.13. The largest absolute Gasteiger partial charge is 0.323 e. The minimum Gasteiger partial charge on any atom is -0.323 e. The van der Waals surface area contributed by atoms with Crippen LogP contribution in [0.15, 0.2) is 6.20 Å². The fraction of sp³-hybridized carbons (Fsp3) is 0.500. The lowest BCUT2D eigenvalue weighted by molar-refractivity contribution is -0.115. The Morgan fingerprint density at radius 2 is 2.46 bits per heavy atom. The first-order valence-corrected chi connectivity index (χ1v) is 4.53. The monoisotopic (exact) mass is 201 g/mol. The molecule has 1 amide bonds. The Morgan fingerprint density at radius 3 is 2.92 bits per heavy atom. The molecule has 0 unspecified atom stereocenters. The number of nitrogens with zero attached hydrogens (tertiary/aromatic N) is 2. The number of halogens is 1. The van der Waals surface area contributed by atoms with Crippen LogP contribution in [0.2, 0.25) is 0 Å². The van der Waals surface area contributed by atoms with Crippen LogP contribution in [-0.2, 0) is 11.8 Å². The molecule has 0 atom stereocenters. The fourth-order valence-corrected chi connectivity index (χ4v) is 1.19. The molecule has 1 heterocycles. The topological polar surface area (TPSA) is 46.9 Å². The highest BCUT2D eigenvalue weighted by Crippen LogP contribution is 2.11. The maximum atomic E-state index is 11.1. The van der Waals surface area contributed by atoms with Gasteiger partial charge in [0, 0.05) is 25.5 Å². The molecule has 0 fully saturated rings. The average molecular weight is 202 g/mol. The molecule has 0 aromatic carbocycles. The first-order valence-electron chi connectivity index (χ1n) is 3.99. The number of anilines is 1. The third-order valence-electron chi connectivity index (χ3n) is 1.61. The van der Waals surface area contributed by atoms with Crippen molar-refractivity contribution >= 4 is 23.2 Å². The zero-order valence-corrected chi connectivity index (χ0v) is 8.43. The number of carbonyl (C=O) groups is 1. The van der Waals surface area contributed by atoms with Gasteiger partial charge in [-0.15, -0.1) is 11.6 Å². The molecule has 1 aromatic heterocycles. The van der Waals surface area contributed by atoms with Crippen molar-refractivity contribution in [3.8, 4) is 0 Å². The van der Waals surface area contributed by atoms with Crippen molar-refractivity contribution in [2.75, 3.05) is 11.2 Å². The SMILES string of the molecule is Cc1nn(C)cc1NC(=O)CCCl. The molecule has 0 aliphatic heterocycles. The van der Waals surface area contributed by atoms with Crippen molar-refractivity contribution in [1.29, 1.82) is 0 Å². The summed E-state index contributed by atoms with van der Waals surface area (Å²) in [5, 5.41) is 6.82. The Balaban J connectivity index is 2.63. The van der Waals surface area contributed by atoms with Crippen LogP contribution in [0, 0.1) is 6.92 Å². The molecular weight excluding hydrogens is 190 g/mol. The van der Waals surface area contributed by atoms with E-state index in [4.69, 9.17) is 11.6 Å². The van der Waals surface area contributed by atoms with Crippen molar-refractivity contribution in [2.24, 2.45) is 7.05 Å². The second-order valence-corrected chi connectivity index (χ2v) is 3.17. The number of hydrogen-bond acceptors (Lipinski definition) is 2. The third-order valence-corrected chi connectivity index (χ3v) is 1.80. The van der Waals surface area contributed by atoms with Crippen molar-refractivity contribution in [2.45, 2.75) is 13.3 Å². The predicted octanol–water partition coefficient (Wildman–Crippen LogP) is 1.30.